The fourth-order valence-electron chi connectivity index (χ4n) is 1.25. The minimum absolute atomic E-state index is 0.0489. The van der Waals surface area contributed by atoms with Gasteiger partial charge in [-0.1, -0.05) is 0 Å². The largest absolute Gasteiger partial charge is 0.481 e. The van der Waals surface area contributed by atoms with Gasteiger partial charge in [0.05, 0.1) is 26.1 Å². The molecule has 0 bridgehead atoms. The third-order valence-corrected chi connectivity index (χ3v) is 2.01. The van der Waals surface area contributed by atoms with Crippen molar-refractivity contribution in [2.45, 2.75) is 31.8 Å². The predicted octanol–water partition coefficient (Wildman–Crippen LogP) is 0.573. The summed E-state index contributed by atoms with van der Waals surface area (Å²) in [5, 5.41) is 8.34. The van der Waals surface area contributed by atoms with Crippen LogP contribution in [0.5, 0.6) is 0 Å². The lowest BCUT2D eigenvalue weighted by Gasteiger charge is -2.21. The van der Waals surface area contributed by atoms with Crippen LogP contribution in [0.25, 0.3) is 0 Å². The van der Waals surface area contributed by atoms with E-state index in [0.717, 1.165) is 0 Å². The Morgan fingerprint density at radius 1 is 1.29 bits per heavy atom. The lowest BCUT2D eigenvalue weighted by molar-refractivity contribution is -0.155. The number of esters is 1. The Labute approximate surface area is 82.0 Å². The maximum Gasteiger partial charge on any atom is 0.306 e. The first-order valence-corrected chi connectivity index (χ1v) is 4.67. The molecule has 5 nitrogen and oxygen atoms in total. The third kappa shape index (κ3) is 4.23. The number of rotatable bonds is 4. The second-order valence-corrected chi connectivity index (χ2v) is 3.20. The average Bonchev–Trinajstić information content (AvgIpc) is 2.16. The van der Waals surface area contributed by atoms with Crippen LogP contribution >= 0.6 is 0 Å². The van der Waals surface area contributed by atoms with E-state index in [-0.39, 0.29) is 18.9 Å². The second-order valence-electron chi connectivity index (χ2n) is 3.20. The monoisotopic (exact) mass is 202 g/mol. The lowest BCUT2D eigenvalue weighted by atomic mass is 10.1. The zero-order chi connectivity index (χ0) is 10.4. The Morgan fingerprint density at radius 2 is 1.93 bits per heavy atom. The molecule has 0 aromatic carbocycles. The number of hydrogen-bond acceptors (Lipinski definition) is 4. The van der Waals surface area contributed by atoms with E-state index >= 15 is 0 Å². The van der Waals surface area contributed by atoms with E-state index in [1.807, 2.05) is 0 Å². The molecule has 1 fully saturated rings. The van der Waals surface area contributed by atoms with Crippen LogP contribution in [0.1, 0.15) is 25.7 Å². The summed E-state index contributed by atoms with van der Waals surface area (Å²) in [6.07, 6.45) is 1.11. The minimum Gasteiger partial charge on any atom is -0.481 e. The highest BCUT2D eigenvalue weighted by atomic mass is 16.6. The summed E-state index contributed by atoms with van der Waals surface area (Å²) in [4.78, 5) is 21.3. The SMILES string of the molecule is O=C(O)CCC(=O)OC1CCOCC1. The summed E-state index contributed by atoms with van der Waals surface area (Å²) in [7, 11) is 0. The maximum absolute atomic E-state index is 11.1. The van der Waals surface area contributed by atoms with E-state index in [1.165, 1.54) is 0 Å². The van der Waals surface area contributed by atoms with E-state index in [9.17, 15) is 9.59 Å². The highest BCUT2D eigenvalue weighted by Crippen LogP contribution is 2.11. The standard InChI is InChI=1S/C9H14O5/c10-8(11)1-2-9(12)14-7-3-5-13-6-4-7/h7H,1-6H2,(H,10,11). The first kappa shape index (κ1) is 11.0. The lowest BCUT2D eigenvalue weighted by Crippen LogP contribution is -2.26. The number of aliphatic carboxylic acids is 1. The molecule has 1 heterocycles. The Morgan fingerprint density at radius 3 is 2.50 bits per heavy atom. The van der Waals surface area contributed by atoms with Gasteiger partial charge in [0, 0.05) is 12.8 Å². The summed E-state index contributed by atoms with van der Waals surface area (Å²) in [6, 6.07) is 0. The molecule has 1 aliphatic heterocycles. The van der Waals surface area contributed by atoms with Crippen LogP contribution in [0.15, 0.2) is 0 Å². The van der Waals surface area contributed by atoms with Crippen molar-refractivity contribution in [1.82, 2.24) is 0 Å². The van der Waals surface area contributed by atoms with Crippen LogP contribution in [0.3, 0.4) is 0 Å². The molecule has 0 aliphatic carbocycles. The maximum atomic E-state index is 11.1. The van der Waals surface area contributed by atoms with Crippen LogP contribution in [-0.2, 0) is 19.1 Å². The van der Waals surface area contributed by atoms with Crippen LogP contribution in [0.4, 0.5) is 0 Å². The van der Waals surface area contributed by atoms with Crippen molar-refractivity contribution in [3.63, 3.8) is 0 Å². The van der Waals surface area contributed by atoms with Crippen LogP contribution in [0.2, 0.25) is 0 Å². The number of carboxylic acids is 1. The van der Waals surface area contributed by atoms with Crippen molar-refractivity contribution < 1.29 is 24.2 Å². The Hall–Kier alpha value is -1.10. The van der Waals surface area contributed by atoms with Crippen molar-refractivity contribution in [2.24, 2.45) is 0 Å². The molecule has 1 rings (SSSR count). The van der Waals surface area contributed by atoms with E-state index in [4.69, 9.17) is 14.6 Å². The number of carbonyl (C=O) groups is 2. The van der Waals surface area contributed by atoms with Crippen LogP contribution < -0.4 is 0 Å². The summed E-state index contributed by atoms with van der Waals surface area (Å²) >= 11 is 0. The van der Waals surface area contributed by atoms with E-state index in [1.54, 1.807) is 0 Å². The number of ether oxygens (including phenoxy) is 2. The van der Waals surface area contributed by atoms with Gasteiger partial charge in [-0.05, 0) is 0 Å². The van der Waals surface area contributed by atoms with Crippen molar-refractivity contribution in [2.75, 3.05) is 13.2 Å². The van der Waals surface area contributed by atoms with Gasteiger partial charge in [-0.15, -0.1) is 0 Å². The molecule has 14 heavy (non-hydrogen) atoms. The predicted molar refractivity (Wildman–Crippen MR) is 46.8 cm³/mol. The number of hydrogen-bond donors (Lipinski definition) is 1. The molecule has 1 N–H and O–H groups in total. The highest BCUT2D eigenvalue weighted by molar-refractivity contribution is 5.76. The smallest absolute Gasteiger partial charge is 0.306 e. The summed E-state index contributed by atoms with van der Waals surface area (Å²) < 4.78 is 10.2. The van der Waals surface area contributed by atoms with E-state index in [2.05, 4.69) is 0 Å². The zero-order valence-electron chi connectivity index (χ0n) is 7.90. The third-order valence-electron chi connectivity index (χ3n) is 2.01. The Bertz CT molecular complexity index is 207. The number of carboxylic acid groups (broad SMARTS) is 1. The van der Waals surface area contributed by atoms with Gasteiger partial charge in [0.25, 0.3) is 0 Å². The molecule has 80 valence electrons. The summed E-state index contributed by atoms with van der Waals surface area (Å²) in [5.74, 6) is -1.41. The van der Waals surface area contributed by atoms with Gasteiger partial charge in [-0.25, -0.2) is 0 Å². The average molecular weight is 202 g/mol. The molecule has 5 heteroatoms. The fourth-order valence-corrected chi connectivity index (χ4v) is 1.25. The first-order valence-electron chi connectivity index (χ1n) is 4.67. The molecule has 1 saturated heterocycles. The topological polar surface area (TPSA) is 72.8 Å². The highest BCUT2D eigenvalue weighted by Gasteiger charge is 2.18. The van der Waals surface area contributed by atoms with Crippen molar-refractivity contribution in [3.8, 4) is 0 Å². The van der Waals surface area contributed by atoms with Crippen molar-refractivity contribution in [3.05, 3.63) is 0 Å². The molecular weight excluding hydrogens is 188 g/mol. The van der Waals surface area contributed by atoms with Crippen LogP contribution in [0, 0.1) is 0 Å². The molecule has 0 spiro atoms. The Kier molecular flexibility index (Phi) is 4.39. The molecule has 0 atom stereocenters. The molecule has 1 aliphatic rings. The van der Waals surface area contributed by atoms with Gasteiger partial charge in [-0.3, -0.25) is 9.59 Å². The Balaban J connectivity index is 2.15. The first-order chi connectivity index (χ1) is 6.68. The summed E-state index contributed by atoms with van der Waals surface area (Å²) in [5.41, 5.74) is 0. The van der Waals surface area contributed by atoms with E-state index < -0.39 is 11.9 Å². The van der Waals surface area contributed by atoms with Gasteiger partial charge in [0.2, 0.25) is 0 Å². The van der Waals surface area contributed by atoms with E-state index in [0.29, 0.717) is 26.1 Å². The molecule has 0 aromatic rings. The summed E-state index contributed by atoms with van der Waals surface area (Å²) in [6.45, 7) is 1.22. The van der Waals surface area contributed by atoms with Gasteiger partial charge in [0.15, 0.2) is 0 Å². The quantitative estimate of drug-likeness (QED) is 0.675. The molecule has 0 saturated carbocycles. The van der Waals surface area contributed by atoms with Gasteiger partial charge in [0.1, 0.15) is 6.10 Å². The van der Waals surface area contributed by atoms with Crippen molar-refractivity contribution in [1.29, 1.82) is 0 Å². The second kappa shape index (κ2) is 5.59. The molecule has 0 unspecified atom stereocenters. The minimum atomic E-state index is -0.978. The van der Waals surface area contributed by atoms with Gasteiger partial charge < -0.3 is 14.6 Å². The van der Waals surface area contributed by atoms with Gasteiger partial charge >= 0.3 is 11.9 Å². The zero-order valence-corrected chi connectivity index (χ0v) is 7.90. The van der Waals surface area contributed by atoms with Crippen molar-refractivity contribution >= 4 is 11.9 Å². The fraction of sp³-hybridized carbons (Fsp3) is 0.778. The van der Waals surface area contributed by atoms with Crippen LogP contribution in [-0.4, -0.2) is 36.4 Å². The molecular formula is C9H14O5. The van der Waals surface area contributed by atoms with Gasteiger partial charge in [-0.2, -0.15) is 0 Å². The number of carbonyl (C=O) groups excluding carboxylic acids is 1. The molecule has 0 radical (unpaired) electrons. The molecule has 0 amide bonds. The molecule has 0 aromatic heterocycles. The normalized spacial score (nSPS) is 17.7.